The Balaban J connectivity index is 1.46. The van der Waals surface area contributed by atoms with Crippen molar-refractivity contribution in [1.82, 2.24) is 9.99 Å². The molecule has 4 aromatic rings. The Labute approximate surface area is 201 Å². The lowest BCUT2D eigenvalue weighted by Crippen LogP contribution is -2.19. The van der Waals surface area contributed by atoms with Crippen molar-refractivity contribution in [3.8, 4) is 17.2 Å². The third kappa shape index (κ3) is 5.16. The highest BCUT2D eigenvalue weighted by molar-refractivity contribution is 6.33. The van der Waals surface area contributed by atoms with E-state index in [1.54, 1.807) is 54.6 Å². The summed E-state index contributed by atoms with van der Waals surface area (Å²) in [6.07, 6.45) is 5.20. The van der Waals surface area contributed by atoms with E-state index >= 15 is 0 Å². The van der Waals surface area contributed by atoms with Crippen molar-refractivity contribution in [3.63, 3.8) is 0 Å². The van der Waals surface area contributed by atoms with Crippen LogP contribution in [0, 0.1) is 0 Å². The molecule has 1 amide bonds. The quantitative estimate of drug-likeness (QED) is 0.175. The number of hydrogen-bond acceptors (Lipinski definition) is 5. The number of esters is 1. The van der Waals surface area contributed by atoms with Crippen LogP contribution in [0.3, 0.4) is 0 Å². The summed E-state index contributed by atoms with van der Waals surface area (Å²) in [7, 11) is 1.46. The van der Waals surface area contributed by atoms with E-state index in [2.05, 4.69) is 10.5 Å². The molecule has 3 aromatic carbocycles. The number of aromatic nitrogens is 1. The van der Waals surface area contributed by atoms with Gasteiger partial charge in [0.1, 0.15) is 0 Å². The van der Waals surface area contributed by atoms with Gasteiger partial charge in [-0.2, -0.15) is 5.10 Å². The number of amides is 1. The van der Waals surface area contributed by atoms with E-state index in [-0.39, 0.29) is 17.2 Å². The molecule has 7 nitrogen and oxygen atoms in total. The van der Waals surface area contributed by atoms with Gasteiger partial charge in [-0.1, -0.05) is 35.9 Å². The maximum absolute atomic E-state index is 12.7. The molecular weight excluding hydrogens is 454 g/mol. The highest BCUT2D eigenvalue weighted by Gasteiger charge is 2.15. The lowest BCUT2D eigenvalue weighted by molar-refractivity contribution is 0.0729. The van der Waals surface area contributed by atoms with Gasteiger partial charge in [0.05, 0.1) is 35.2 Å². The number of benzene rings is 3. The first-order valence-corrected chi connectivity index (χ1v) is 10.6. The molecule has 4 rings (SSSR count). The minimum Gasteiger partial charge on any atom is -0.493 e. The normalized spacial score (nSPS) is 10.8. The Bertz CT molecular complexity index is 1350. The van der Waals surface area contributed by atoms with Gasteiger partial charge in [0.2, 0.25) is 0 Å². The molecule has 0 atom stereocenters. The van der Waals surface area contributed by atoms with Crippen molar-refractivity contribution >= 4 is 29.7 Å². The standard InChI is InChI=1S/C26H20ClN3O4/c1-33-24-16-18(12-13-23(24)34-26(32)19-8-2-4-10-21(19)27)17-28-29-25(31)20-9-3-5-11-22(20)30-14-6-7-15-30/h2-17H,1H3,(H,29,31)/b28-17+. The monoisotopic (exact) mass is 473 g/mol. The maximum Gasteiger partial charge on any atom is 0.345 e. The predicted molar refractivity (Wildman–Crippen MR) is 130 cm³/mol. The number of nitrogens with one attached hydrogen (secondary N) is 1. The predicted octanol–water partition coefficient (Wildman–Crippen LogP) is 5.12. The number of hydrogen-bond donors (Lipinski definition) is 1. The topological polar surface area (TPSA) is 81.9 Å². The molecule has 0 aliphatic rings. The second-order valence-corrected chi connectivity index (χ2v) is 7.49. The summed E-state index contributed by atoms with van der Waals surface area (Å²) in [4.78, 5) is 25.1. The van der Waals surface area contributed by atoms with Gasteiger partial charge in [-0.3, -0.25) is 4.79 Å². The number of para-hydroxylation sites is 1. The Morgan fingerprint density at radius 2 is 1.62 bits per heavy atom. The second kappa shape index (κ2) is 10.5. The maximum atomic E-state index is 12.7. The Morgan fingerprint density at radius 1 is 0.912 bits per heavy atom. The van der Waals surface area contributed by atoms with Crippen LogP contribution in [0.1, 0.15) is 26.3 Å². The molecule has 170 valence electrons. The number of ether oxygens (including phenoxy) is 2. The number of halogens is 1. The molecule has 0 aliphatic carbocycles. The summed E-state index contributed by atoms with van der Waals surface area (Å²) in [5, 5.41) is 4.35. The molecule has 0 saturated carbocycles. The van der Waals surface area contributed by atoms with E-state index in [0.717, 1.165) is 5.69 Å². The van der Waals surface area contributed by atoms with Crippen LogP contribution in [0.5, 0.6) is 11.5 Å². The summed E-state index contributed by atoms with van der Waals surface area (Å²) in [5.74, 6) is -0.389. The minimum absolute atomic E-state index is 0.231. The zero-order valence-electron chi connectivity index (χ0n) is 18.1. The van der Waals surface area contributed by atoms with Gasteiger partial charge in [0.15, 0.2) is 11.5 Å². The zero-order valence-corrected chi connectivity index (χ0v) is 18.9. The van der Waals surface area contributed by atoms with Crippen LogP contribution in [0.25, 0.3) is 5.69 Å². The fraction of sp³-hybridized carbons (Fsp3) is 0.0385. The van der Waals surface area contributed by atoms with Gasteiger partial charge >= 0.3 is 5.97 Å². The number of nitrogens with zero attached hydrogens (tertiary/aromatic N) is 2. The summed E-state index contributed by atoms with van der Waals surface area (Å²) < 4.78 is 12.6. The first-order valence-electron chi connectivity index (χ1n) is 10.3. The lowest BCUT2D eigenvalue weighted by atomic mass is 10.1. The van der Waals surface area contributed by atoms with Crippen molar-refractivity contribution in [3.05, 3.63) is 113 Å². The number of hydrazone groups is 1. The fourth-order valence-corrected chi connectivity index (χ4v) is 3.45. The lowest BCUT2D eigenvalue weighted by Gasteiger charge is -2.11. The summed E-state index contributed by atoms with van der Waals surface area (Å²) in [5.41, 5.74) is 4.64. The molecule has 34 heavy (non-hydrogen) atoms. The Morgan fingerprint density at radius 3 is 2.35 bits per heavy atom. The highest BCUT2D eigenvalue weighted by atomic mass is 35.5. The molecule has 8 heteroatoms. The number of carbonyl (C=O) groups excluding carboxylic acids is 2. The smallest absolute Gasteiger partial charge is 0.345 e. The van der Waals surface area contributed by atoms with E-state index in [4.69, 9.17) is 21.1 Å². The van der Waals surface area contributed by atoms with Crippen molar-refractivity contribution in [1.29, 1.82) is 0 Å². The van der Waals surface area contributed by atoms with Gasteiger partial charge in [0.25, 0.3) is 5.91 Å². The fourth-order valence-electron chi connectivity index (χ4n) is 3.24. The summed E-state index contributed by atoms with van der Waals surface area (Å²) >= 11 is 6.06. The number of carbonyl (C=O) groups is 2. The Kier molecular flexibility index (Phi) is 7.05. The van der Waals surface area contributed by atoms with Gasteiger partial charge in [-0.05, 0) is 60.2 Å². The number of rotatable bonds is 7. The molecule has 0 spiro atoms. The molecule has 0 unspecified atom stereocenters. The van der Waals surface area contributed by atoms with Gasteiger partial charge in [-0.25, -0.2) is 10.2 Å². The zero-order chi connectivity index (χ0) is 23.9. The molecule has 1 aromatic heterocycles. The van der Waals surface area contributed by atoms with Gasteiger partial charge in [-0.15, -0.1) is 0 Å². The van der Waals surface area contributed by atoms with Crippen molar-refractivity contribution in [2.75, 3.05) is 7.11 Å². The van der Waals surface area contributed by atoms with Gasteiger partial charge in [0, 0.05) is 12.4 Å². The largest absolute Gasteiger partial charge is 0.493 e. The van der Waals surface area contributed by atoms with Crippen LogP contribution < -0.4 is 14.9 Å². The van der Waals surface area contributed by atoms with E-state index in [1.165, 1.54) is 13.3 Å². The van der Waals surface area contributed by atoms with Crippen LogP contribution in [0.2, 0.25) is 5.02 Å². The first kappa shape index (κ1) is 22.8. The highest BCUT2D eigenvalue weighted by Crippen LogP contribution is 2.29. The first-order chi connectivity index (χ1) is 16.6. The molecular formula is C26H20ClN3O4. The average Bonchev–Trinajstić information content (AvgIpc) is 3.40. The van der Waals surface area contributed by atoms with E-state index in [9.17, 15) is 9.59 Å². The minimum atomic E-state index is -0.598. The van der Waals surface area contributed by atoms with Crippen LogP contribution >= 0.6 is 11.6 Å². The van der Waals surface area contributed by atoms with Crippen molar-refractivity contribution in [2.24, 2.45) is 5.10 Å². The van der Waals surface area contributed by atoms with E-state index in [0.29, 0.717) is 21.9 Å². The molecule has 0 saturated heterocycles. The third-order valence-corrected chi connectivity index (χ3v) is 5.22. The van der Waals surface area contributed by atoms with Crippen LogP contribution in [0.4, 0.5) is 0 Å². The molecule has 0 fully saturated rings. The second-order valence-electron chi connectivity index (χ2n) is 7.09. The summed E-state index contributed by atoms with van der Waals surface area (Å²) in [6, 6.07) is 22.5. The molecule has 1 heterocycles. The van der Waals surface area contributed by atoms with Crippen LogP contribution in [-0.4, -0.2) is 29.8 Å². The third-order valence-electron chi connectivity index (χ3n) is 4.90. The SMILES string of the molecule is COc1cc(/C=N/NC(=O)c2ccccc2-n2cccc2)ccc1OC(=O)c1ccccc1Cl. The molecule has 0 aliphatic heterocycles. The van der Waals surface area contributed by atoms with Gasteiger partial charge < -0.3 is 14.0 Å². The van der Waals surface area contributed by atoms with Crippen molar-refractivity contribution in [2.45, 2.75) is 0 Å². The molecule has 0 bridgehead atoms. The molecule has 1 N–H and O–H groups in total. The average molecular weight is 474 g/mol. The van der Waals surface area contributed by atoms with E-state index in [1.807, 2.05) is 41.2 Å². The number of methoxy groups -OCH3 is 1. The Hall–Kier alpha value is -4.36. The summed E-state index contributed by atoms with van der Waals surface area (Å²) in [6.45, 7) is 0. The van der Waals surface area contributed by atoms with Crippen LogP contribution in [-0.2, 0) is 0 Å². The van der Waals surface area contributed by atoms with Crippen LogP contribution in [0.15, 0.2) is 96.4 Å². The van der Waals surface area contributed by atoms with Crippen molar-refractivity contribution < 1.29 is 19.1 Å². The van der Waals surface area contributed by atoms with E-state index < -0.39 is 5.97 Å². The molecule has 0 radical (unpaired) electrons.